The molecule has 1 N–H and O–H groups in total. The van der Waals surface area contributed by atoms with Crippen LogP contribution in [0.3, 0.4) is 0 Å². The summed E-state index contributed by atoms with van der Waals surface area (Å²) in [5.41, 5.74) is 6.98. The smallest absolute Gasteiger partial charge is 0.0729 e. The molecule has 0 spiro atoms. The van der Waals surface area contributed by atoms with E-state index in [1.165, 1.54) is 27.6 Å². The van der Waals surface area contributed by atoms with E-state index in [2.05, 4.69) is 76.6 Å². The van der Waals surface area contributed by atoms with E-state index in [0.717, 1.165) is 48.2 Å². The number of aromatic nitrogens is 2. The maximum atomic E-state index is 5.49. The summed E-state index contributed by atoms with van der Waals surface area (Å²) in [5, 5.41) is 3.56. The number of hydrogen-bond acceptors (Lipinski definition) is 3. The predicted octanol–water partition coefficient (Wildman–Crippen LogP) is 5.37. The van der Waals surface area contributed by atoms with Crippen LogP contribution in [0, 0.1) is 0 Å². The largest absolute Gasteiger partial charge is 0.378 e. The van der Waals surface area contributed by atoms with E-state index in [1.807, 2.05) is 6.20 Å². The van der Waals surface area contributed by atoms with Crippen LogP contribution < -0.4 is 4.90 Å². The molecule has 0 saturated carbocycles. The highest BCUT2D eigenvalue weighted by Crippen LogP contribution is 2.32. The van der Waals surface area contributed by atoms with Gasteiger partial charge in [0.1, 0.15) is 0 Å². The third-order valence-corrected chi connectivity index (χ3v) is 5.90. The second kappa shape index (κ2) is 6.61. The van der Waals surface area contributed by atoms with Crippen molar-refractivity contribution in [1.29, 1.82) is 0 Å². The Morgan fingerprint density at radius 3 is 2.59 bits per heavy atom. The molecule has 0 radical (unpaired) electrons. The Balaban J connectivity index is 1.46. The van der Waals surface area contributed by atoms with Crippen LogP contribution in [0.15, 0.2) is 72.9 Å². The average Bonchev–Trinajstić information content (AvgIpc) is 3.18. The minimum atomic E-state index is 0.796. The number of morpholine rings is 1. The van der Waals surface area contributed by atoms with Gasteiger partial charge >= 0.3 is 0 Å². The molecule has 29 heavy (non-hydrogen) atoms. The summed E-state index contributed by atoms with van der Waals surface area (Å²) in [5.74, 6) is 0. The molecule has 0 amide bonds. The van der Waals surface area contributed by atoms with E-state index in [9.17, 15) is 0 Å². The number of aromatic amines is 1. The maximum Gasteiger partial charge on any atom is 0.0729 e. The van der Waals surface area contributed by atoms with Crippen molar-refractivity contribution in [3.63, 3.8) is 0 Å². The highest BCUT2D eigenvalue weighted by molar-refractivity contribution is 6.15. The van der Waals surface area contributed by atoms with Gasteiger partial charge in [0, 0.05) is 46.6 Å². The molecule has 0 unspecified atom stereocenters. The van der Waals surface area contributed by atoms with Gasteiger partial charge in [0.2, 0.25) is 0 Å². The van der Waals surface area contributed by atoms with Crippen LogP contribution in [-0.2, 0) is 4.74 Å². The van der Waals surface area contributed by atoms with Crippen LogP contribution in [0.2, 0.25) is 0 Å². The summed E-state index contributed by atoms with van der Waals surface area (Å²) in [6.45, 7) is 3.48. The monoisotopic (exact) mass is 379 g/mol. The Morgan fingerprint density at radius 1 is 0.793 bits per heavy atom. The van der Waals surface area contributed by atoms with Crippen LogP contribution in [-0.4, -0.2) is 36.3 Å². The number of nitrogens with zero attached hydrogens (tertiary/aromatic N) is 2. The van der Waals surface area contributed by atoms with Crippen molar-refractivity contribution >= 4 is 38.4 Å². The zero-order valence-corrected chi connectivity index (χ0v) is 16.1. The number of para-hydroxylation sites is 1. The second-order valence-corrected chi connectivity index (χ2v) is 7.60. The zero-order chi connectivity index (χ0) is 19.2. The molecule has 1 saturated heterocycles. The van der Waals surface area contributed by atoms with Crippen molar-refractivity contribution in [3.05, 3.63) is 72.9 Å². The summed E-state index contributed by atoms with van der Waals surface area (Å²) in [6, 6.07) is 23.8. The zero-order valence-electron chi connectivity index (χ0n) is 16.1. The lowest BCUT2D eigenvalue weighted by atomic mass is 10.0. The van der Waals surface area contributed by atoms with Crippen LogP contribution >= 0.6 is 0 Å². The second-order valence-electron chi connectivity index (χ2n) is 7.60. The standard InChI is InChI=1S/C25H21N3O/c1-2-7-23-20(6-1)22-16-26-24-15-18(8-9-21(24)25(22)27-23)17-4-3-5-19(14-17)28-10-12-29-13-11-28/h1-9,14-16,27H,10-13H2. The lowest BCUT2D eigenvalue weighted by molar-refractivity contribution is 0.122. The SMILES string of the molecule is c1cc(-c2ccc3c(c2)ncc2c4ccccc4[nH]c32)cc(N2CCOCC2)c1. The normalized spacial score (nSPS) is 14.8. The molecule has 5 aromatic rings. The fourth-order valence-corrected chi connectivity index (χ4v) is 4.38. The van der Waals surface area contributed by atoms with Gasteiger partial charge in [0.15, 0.2) is 0 Å². The van der Waals surface area contributed by atoms with Crippen molar-refractivity contribution in [2.45, 2.75) is 0 Å². The van der Waals surface area contributed by atoms with Crippen molar-refractivity contribution < 1.29 is 4.74 Å². The van der Waals surface area contributed by atoms with Gasteiger partial charge in [0.05, 0.1) is 24.2 Å². The third-order valence-electron chi connectivity index (χ3n) is 5.90. The number of nitrogens with one attached hydrogen (secondary N) is 1. The van der Waals surface area contributed by atoms with Gasteiger partial charge in [-0.1, -0.05) is 42.5 Å². The first-order valence-corrected chi connectivity index (χ1v) is 10.1. The van der Waals surface area contributed by atoms with Gasteiger partial charge in [-0.25, -0.2) is 0 Å². The molecule has 0 bridgehead atoms. The molecule has 0 aliphatic carbocycles. The number of fused-ring (bicyclic) bond motifs is 5. The minimum absolute atomic E-state index is 0.796. The van der Waals surface area contributed by atoms with Gasteiger partial charge in [-0.05, 0) is 35.4 Å². The quantitative estimate of drug-likeness (QED) is 0.448. The minimum Gasteiger partial charge on any atom is -0.378 e. The summed E-state index contributed by atoms with van der Waals surface area (Å²) in [6.07, 6.45) is 1.99. The van der Waals surface area contributed by atoms with Gasteiger partial charge in [-0.3, -0.25) is 4.98 Å². The highest BCUT2D eigenvalue weighted by atomic mass is 16.5. The van der Waals surface area contributed by atoms with Gasteiger partial charge in [0.25, 0.3) is 0 Å². The number of rotatable bonds is 2. The number of benzene rings is 3. The van der Waals surface area contributed by atoms with E-state index in [4.69, 9.17) is 9.72 Å². The molecule has 4 nitrogen and oxygen atoms in total. The summed E-state index contributed by atoms with van der Waals surface area (Å²) in [7, 11) is 0. The fourth-order valence-electron chi connectivity index (χ4n) is 4.38. The molecule has 3 aromatic carbocycles. The van der Waals surface area contributed by atoms with E-state index < -0.39 is 0 Å². The van der Waals surface area contributed by atoms with Crippen molar-refractivity contribution in [3.8, 4) is 11.1 Å². The van der Waals surface area contributed by atoms with E-state index >= 15 is 0 Å². The first-order valence-electron chi connectivity index (χ1n) is 10.1. The fraction of sp³-hybridized carbons (Fsp3) is 0.160. The Labute approximate surface area is 168 Å². The number of ether oxygens (including phenoxy) is 1. The molecule has 0 atom stereocenters. The Bertz CT molecular complexity index is 1350. The van der Waals surface area contributed by atoms with Crippen molar-refractivity contribution in [1.82, 2.24) is 9.97 Å². The number of hydrogen-bond donors (Lipinski definition) is 1. The van der Waals surface area contributed by atoms with Crippen LogP contribution in [0.1, 0.15) is 0 Å². The molecule has 1 fully saturated rings. The van der Waals surface area contributed by atoms with Crippen LogP contribution in [0.25, 0.3) is 43.8 Å². The molecule has 1 aliphatic rings. The van der Waals surface area contributed by atoms with Gasteiger partial charge < -0.3 is 14.6 Å². The first kappa shape index (κ1) is 16.6. The topological polar surface area (TPSA) is 41.2 Å². The molecule has 1 aliphatic heterocycles. The summed E-state index contributed by atoms with van der Waals surface area (Å²) >= 11 is 0. The molecule has 6 rings (SSSR count). The molecule has 142 valence electrons. The van der Waals surface area contributed by atoms with E-state index in [0.29, 0.717) is 0 Å². The van der Waals surface area contributed by atoms with Crippen LogP contribution in [0.4, 0.5) is 5.69 Å². The Morgan fingerprint density at radius 2 is 1.66 bits per heavy atom. The van der Waals surface area contributed by atoms with E-state index in [1.54, 1.807) is 0 Å². The summed E-state index contributed by atoms with van der Waals surface area (Å²) < 4.78 is 5.49. The van der Waals surface area contributed by atoms with Gasteiger partial charge in [-0.15, -0.1) is 0 Å². The number of H-pyrrole nitrogens is 1. The van der Waals surface area contributed by atoms with E-state index in [-0.39, 0.29) is 0 Å². The third kappa shape index (κ3) is 2.76. The molecule has 2 aromatic heterocycles. The Hall–Kier alpha value is -3.37. The average molecular weight is 379 g/mol. The van der Waals surface area contributed by atoms with Crippen molar-refractivity contribution in [2.24, 2.45) is 0 Å². The van der Waals surface area contributed by atoms with Crippen molar-refractivity contribution in [2.75, 3.05) is 31.2 Å². The molecule has 3 heterocycles. The maximum absolute atomic E-state index is 5.49. The molecule has 4 heteroatoms. The lowest BCUT2D eigenvalue weighted by Gasteiger charge is -2.29. The Kier molecular flexibility index (Phi) is 3.77. The number of anilines is 1. The molecular formula is C25H21N3O. The first-order chi connectivity index (χ1) is 14.4. The molecular weight excluding hydrogens is 358 g/mol. The lowest BCUT2D eigenvalue weighted by Crippen LogP contribution is -2.36. The van der Waals surface area contributed by atoms with Gasteiger partial charge in [-0.2, -0.15) is 0 Å². The number of pyridine rings is 1. The highest BCUT2D eigenvalue weighted by Gasteiger charge is 2.13. The van der Waals surface area contributed by atoms with Crippen LogP contribution in [0.5, 0.6) is 0 Å². The summed E-state index contributed by atoms with van der Waals surface area (Å²) in [4.78, 5) is 10.7. The predicted molar refractivity (Wildman–Crippen MR) is 120 cm³/mol.